The SMILES string of the molecule is Cc1nn(C)c(C)c1[C@H](C)NC(=O)NCCc1ccccc1. The zero-order valence-electron chi connectivity index (χ0n) is 13.7. The van der Waals surface area contributed by atoms with Gasteiger partial charge < -0.3 is 10.6 Å². The van der Waals surface area contributed by atoms with Gasteiger partial charge in [0.2, 0.25) is 0 Å². The zero-order chi connectivity index (χ0) is 16.1. The average molecular weight is 300 g/mol. The number of carbonyl (C=O) groups excluding carboxylic acids is 1. The van der Waals surface area contributed by atoms with Crippen molar-refractivity contribution in [3.05, 3.63) is 52.8 Å². The Morgan fingerprint density at radius 3 is 2.55 bits per heavy atom. The Bertz CT molecular complexity index is 634. The van der Waals surface area contributed by atoms with E-state index in [1.807, 2.05) is 50.7 Å². The van der Waals surface area contributed by atoms with Crippen molar-refractivity contribution in [2.24, 2.45) is 7.05 Å². The Balaban J connectivity index is 1.84. The molecule has 0 saturated carbocycles. The number of amides is 2. The molecule has 5 heteroatoms. The highest BCUT2D eigenvalue weighted by atomic mass is 16.2. The van der Waals surface area contributed by atoms with Crippen LogP contribution in [-0.2, 0) is 13.5 Å². The third-order valence-electron chi connectivity index (χ3n) is 3.89. The zero-order valence-corrected chi connectivity index (χ0v) is 13.7. The first-order chi connectivity index (χ1) is 10.5. The van der Waals surface area contributed by atoms with E-state index >= 15 is 0 Å². The van der Waals surface area contributed by atoms with E-state index < -0.39 is 0 Å². The van der Waals surface area contributed by atoms with Crippen LogP contribution in [0.15, 0.2) is 30.3 Å². The van der Waals surface area contributed by atoms with Crippen LogP contribution < -0.4 is 10.6 Å². The molecule has 0 fully saturated rings. The fourth-order valence-electron chi connectivity index (χ4n) is 2.70. The van der Waals surface area contributed by atoms with Crippen LogP contribution in [0.2, 0.25) is 0 Å². The third kappa shape index (κ3) is 3.87. The summed E-state index contributed by atoms with van der Waals surface area (Å²) in [6.07, 6.45) is 0.827. The van der Waals surface area contributed by atoms with Crippen LogP contribution in [0.1, 0.15) is 35.5 Å². The van der Waals surface area contributed by atoms with E-state index in [0.717, 1.165) is 23.4 Å². The molecule has 1 heterocycles. The van der Waals surface area contributed by atoms with Gasteiger partial charge in [0.1, 0.15) is 0 Å². The number of rotatable bonds is 5. The maximum absolute atomic E-state index is 12.0. The quantitative estimate of drug-likeness (QED) is 0.892. The van der Waals surface area contributed by atoms with Crippen LogP contribution in [0.4, 0.5) is 4.79 Å². The highest BCUT2D eigenvalue weighted by Gasteiger charge is 2.17. The Kier molecular flexibility index (Phi) is 5.20. The molecule has 1 atom stereocenters. The Morgan fingerprint density at radius 1 is 1.27 bits per heavy atom. The predicted molar refractivity (Wildman–Crippen MR) is 87.8 cm³/mol. The second kappa shape index (κ2) is 7.11. The van der Waals surface area contributed by atoms with E-state index in [9.17, 15) is 4.79 Å². The number of nitrogens with zero attached hydrogens (tertiary/aromatic N) is 2. The van der Waals surface area contributed by atoms with Gasteiger partial charge in [0.25, 0.3) is 0 Å². The Labute approximate surface area is 131 Å². The first kappa shape index (κ1) is 16.1. The molecular weight excluding hydrogens is 276 g/mol. The van der Waals surface area contributed by atoms with Gasteiger partial charge in [-0.1, -0.05) is 30.3 Å². The minimum atomic E-state index is -0.147. The molecule has 0 unspecified atom stereocenters. The molecule has 1 aromatic carbocycles. The number of urea groups is 1. The molecule has 118 valence electrons. The Hall–Kier alpha value is -2.30. The molecule has 0 saturated heterocycles. The molecule has 0 bridgehead atoms. The molecule has 2 aromatic rings. The van der Waals surface area contributed by atoms with Crippen molar-refractivity contribution in [1.82, 2.24) is 20.4 Å². The molecule has 1 aromatic heterocycles. The van der Waals surface area contributed by atoms with E-state index in [0.29, 0.717) is 6.54 Å². The second-order valence-electron chi connectivity index (χ2n) is 5.57. The molecule has 0 aliphatic rings. The molecule has 2 rings (SSSR count). The first-order valence-corrected chi connectivity index (χ1v) is 7.57. The number of aromatic nitrogens is 2. The van der Waals surface area contributed by atoms with Crippen LogP contribution in [0.3, 0.4) is 0 Å². The summed E-state index contributed by atoms with van der Waals surface area (Å²) < 4.78 is 1.84. The third-order valence-corrected chi connectivity index (χ3v) is 3.89. The molecule has 5 nitrogen and oxygen atoms in total. The van der Waals surface area contributed by atoms with Gasteiger partial charge in [-0.05, 0) is 32.8 Å². The van der Waals surface area contributed by atoms with Gasteiger partial charge in [-0.15, -0.1) is 0 Å². The van der Waals surface area contributed by atoms with Gasteiger partial charge >= 0.3 is 6.03 Å². The lowest BCUT2D eigenvalue weighted by molar-refractivity contribution is 0.238. The molecule has 0 aliphatic heterocycles. The van der Waals surface area contributed by atoms with Crippen molar-refractivity contribution >= 4 is 6.03 Å². The molecule has 2 N–H and O–H groups in total. The van der Waals surface area contributed by atoms with Gasteiger partial charge in [0, 0.05) is 24.8 Å². The first-order valence-electron chi connectivity index (χ1n) is 7.57. The summed E-state index contributed by atoms with van der Waals surface area (Å²) in [5, 5.41) is 10.3. The number of hydrogen-bond acceptors (Lipinski definition) is 2. The van der Waals surface area contributed by atoms with Crippen LogP contribution >= 0.6 is 0 Å². The fraction of sp³-hybridized carbons (Fsp3) is 0.412. The standard InChI is InChI=1S/C17H24N4O/c1-12(16-13(2)20-21(4)14(16)3)19-17(22)18-11-10-15-8-6-5-7-9-15/h5-9,12H,10-11H2,1-4H3,(H2,18,19,22)/t12-/m0/s1. The second-order valence-corrected chi connectivity index (χ2v) is 5.57. The number of hydrogen-bond donors (Lipinski definition) is 2. The number of carbonyl (C=O) groups is 1. The molecule has 0 spiro atoms. The fourth-order valence-corrected chi connectivity index (χ4v) is 2.70. The molecule has 0 aliphatic carbocycles. The van der Waals surface area contributed by atoms with Crippen LogP contribution in [0, 0.1) is 13.8 Å². The van der Waals surface area contributed by atoms with E-state index in [4.69, 9.17) is 0 Å². The monoisotopic (exact) mass is 300 g/mol. The van der Waals surface area contributed by atoms with Gasteiger partial charge in [-0.2, -0.15) is 5.10 Å². The smallest absolute Gasteiger partial charge is 0.315 e. The maximum Gasteiger partial charge on any atom is 0.315 e. The number of nitrogens with one attached hydrogen (secondary N) is 2. The summed E-state index contributed by atoms with van der Waals surface area (Å²) in [6.45, 7) is 6.58. The summed E-state index contributed by atoms with van der Waals surface area (Å²) in [5.41, 5.74) is 4.34. The summed E-state index contributed by atoms with van der Waals surface area (Å²) in [6, 6.07) is 9.91. The highest BCUT2D eigenvalue weighted by molar-refractivity contribution is 5.74. The maximum atomic E-state index is 12.0. The van der Waals surface area contributed by atoms with Crippen molar-refractivity contribution in [2.75, 3.05) is 6.54 Å². The topological polar surface area (TPSA) is 59.0 Å². The Morgan fingerprint density at radius 2 is 1.95 bits per heavy atom. The predicted octanol–water partition coefficient (Wildman–Crippen LogP) is 2.64. The number of benzene rings is 1. The van der Waals surface area contributed by atoms with Crippen molar-refractivity contribution in [2.45, 2.75) is 33.2 Å². The van der Waals surface area contributed by atoms with Gasteiger partial charge in [-0.25, -0.2) is 4.79 Å². The van der Waals surface area contributed by atoms with Gasteiger partial charge in [-0.3, -0.25) is 4.68 Å². The van der Waals surface area contributed by atoms with Crippen molar-refractivity contribution in [3.8, 4) is 0 Å². The van der Waals surface area contributed by atoms with E-state index in [2.05, 4.69) is 27.9 Å². The van der Waals surface area contributed by atoms with Crippen molar-refractivity contribution in [1.29, 1.82) is 0 Å². The summed E-state index contributed by atoms with van der Waals surface area (Å²) in [7, 11) is 1.92. The van der Waals surface area contributed by atoms with Crippen molar-refractivity contribution in [3.63, 3.8) is 0 Å². The lowest BCUT2D eigenvalue weighted by Gasteiger charge is -2.15. The van der Waals surface area contributed by atoms with Gasteiger partial charge in [0.15, 0.2) is 0 Å². The number of aryl methyl sites for hydroxylation is 2. The lowest BCUT2D eigenvalue weighted by atomic mass is 10.1. The minimum Gasteiger partial charge on any atom is -0.338 e. The largest absolute Gasteiger partial charge is 0.338 e. The van der Waals surface area contributed by atoms with E-state index in [1.165, 1.54) is 5.56 Å². The minimum absolute atomic E-state index is 0.0644. The molecular formula is C17H24N4O. The van der Waals surface area contributed by atoms with E-state index in [-0.39, 0.29) is 12.1 Å². The summed E-state index contributed by atoms with van der Waals surface area (Å²) >= 11 is 0. The van der Waals surface area contributed by atoms with Gasteiger partial charge in [0.05, 0.1) is 11.7 Å². The van der Waals surface area contributed by atoms with Crippen LogP contribution in [0.5, 0.6) is 0 Å². The molecule has 2 amide bonds. The van der Waals surface area contributed by atoms with Crippen LogP contribution in [0.25, 0.3) is 0 Å². The van der Waals surface area contributed by atoms with Crippen LogP contribution in [-0.4, -0.2) is 22.4 Å². The van der Waals surface area contributed by atoms with Crippen molar-refractivity contribution < 1.29 is 4.79 Å². The average Bonchev–Trinajstić information content (AvgIpc) is 2.73. The summed E-state index contributed by atoms with van der Waals surface area (Å²) in [5.74, 6) is 0. The summed E-state index contributed by atoms with van der Waals surface area (Å²) in [4.78, 5) is 12.0. The highest BCUT2D eigenvalue weighted by Crippen LogP contribution is 2.20. The normalized spacial score (nSPS) is 12.0. The lowest BCUT2D eigenvalue weighted by Crippen LogP contribution is -2.38. The molecule has 0 radical (unpaired) electrons. The molecule has 22 heavy (non-hydrogen) atoms. The van der Waals surface area contributed by atoms with E-state index in [1.54, 1.807) is 0 Å².